The van der Waals surface area contributed by atoms with Crippen LogP contribution in [0.2, 0.25) is 5.15 Å². The fourth-order valence-corrected chi connectivity index (χ4v) is 4.32. The Kier molecular flexibility index (Phi) is 6.59. The number of hydrogen-bond donors (Lipinski definition) is 0. The zero-order chi connectivity index (χ0) is 24.6. The van der Waals surface area contributed by atoms with Crippen molar-refractivity contribution in [3.63, 3.8) is 0 Å². The molecule has 1 aliphatic heterocycles. The van der Waals surface area contributed by atoms with Gasteiger partial charge < -0.3 is 19.0 Å². The van der Waals surface area contributed by atoms with Gasteiger partial charge in [-0.3, -0.25) is 14.0 Å². The number of furan rings is 1. The van der Waals surface area contributed by atoms with Crippen LogP contribution in [-0.2, 0) is 15.7 Å². The third-order valence-corrected chi connectivity index (χ3v) is 6.20. The van der Waals surface area contributed by atoms with Crippen molar-refractivity contribution in [2.45, 2.75) is 25.6 Å². The number of aromatic nitrogens is 2. The second-order valence-electron chi connectivity index (χ2n) is 7.93. The minimum absolute atomic E-state index is 0.121. The summed E-state index contributed by atoms with van der Waals surface area (Å²) in [4.78, 5) is 32.7. The molecule has 0 aromatic carbocycles. The van der Waals surface area contributed by atoms with Crippen LogP contribution in [-0.4, -0.2) is 70.4 Å². The average Bonchev–Trinajstić information content (AvgIpc) is 3.44. The van der Waals surface area contributed by atoms with Crippen LogP contribution in [0.25, 0.3) is 16.8 Å². The first-order valence-electron chi connectivity index (χ1n) is 10.5. The number of ether oxygens (including phenoxy) is 1. The quantitative estimate of drug-likeness (QED) is 0.513. The predicted molar refractivity (Wildman–Crippen MR) is 116 cm³/mol. The molecule has 1 fully saturated rings. The molecule has 1 atom stereocenters. The van der Waals surface area contributed by atoms with E-state index in [1.807, 2.05) is 6.92 Å². The lowest BCUT2D eigenvalue weighted by atomic mass is 10.1. The Labute approximate surface area is 197 Å². The van der Waals surface area contributed by atoms with Gasteiger partial charge in [0.2, 0.25) is 5.91 Å². The van der Waals surface area contributed by atoms with Crippen LogP contribution in [0.15, 0.2) is 35.3 Å². The number of carbonyl (C=O) groups is 2. The highest BCUT2D eigenvalue weighted by atomic mass is 35.5. The van der Waals surface area contributed by atoms with Gasteiger partial charge in [0.15, 0.2) is 11.3 Å². The van der Waals surface area contributed by atoms with Crippen LogP contribution in [0.1, 0.15) is 29.4 Å². The van der Waals surface area contributed by atoms with E-state index < -0.39 is 23.3 Å². The Morgan fingerprint density at radius 1 is 1.32 bits per heavy atom. The summed E-state index contributed by atoms with van der Waals surface area (Å²) in [6.07, 6.45) is -0.0551. The van der Waals surface area contributed by atoms with E-state index in [-0.39, 0.29) is 48.0 Å². The van der Waals surface area contributed by atoms with Crippen molar-refractivity contribution in [1.82, 2.24) is 19.2 Å². The number of methoxy groups -OCH3 is 1. The van der Waals surface area contributed by atoms with Gasteiger partial charge in [-0.1, -0.05) is 18.5 Å². The maximum atomic E-state index is 13.8. The molecule has 3 aromatic rings. The maximum absolute atomic E-state index is 13.8. The van der Waals surface area contributed by atoms with Crippen molar-refractivity contribution in [2.24, 2.45) is 0 Å². The molecule has 1 saturated heterocycles. The van der Waals surface area contributed by atoms with Gasteiger partial charge in [-0.05, 0) is 18.6 Å². The number of amides is 2. The predicted octanol–water partition coefficient (Wildman–Crippen LogP) is 3.98. The van der Waals surface area contributed by atoms with E-state index in [0.29, 0.717) is 18.6 Å². The molecular weight excluding hydrogens is 477 g/mol. The monoisotopic (exact) mass is 498 g/mol. The summed E-state index contributed by atoms with van der Waals surface area (Å²) in [7, 11) is 1.55. The highest BCUT2D eigenvalue weighted by Gasteiger charge is 2.38. The number of hydrogen-bond acceptors (Lipinski definition) is 5. The number of carbonyl (C=O) groups excluding carboxylic acids is 2. The standard InChI is InChI=1S/C22H22ClF3N4O4/c1-3-15(12-33-2)29-6-5-28(10-17(29)31)21(32)18-19(23)30-9-14(13-4-7-34-11-13)8-16(20(30)27-18)22(24,25)26/h4,7-9,11,15H,3,5-6,10,12H2,1-2H3. The lowest BCUT2D eigenvalue weighted by molar-refractivity contribution is -0.139. The lowest BCUT2D eigenvalue weighted by Crippen LogP contribution is -2.56. The largest absolute Gasteiger partial charge is 0.472 e. The molecule has 1 aliphatic rings. The van der Waals surface area contributed by atoms with E-state index in [9.17, 15) is 22.8 Å². The molecule has 12 heteroatoms. The van der Waals surface area contributed by atoms with Gasteiger partial charge >= 0.3 is 6.18 Å². The summed E-state index contributed by atoms with van der Waals surface area (Å²) in [6.45, 7) is 2.54. The minimum atomic E-state index is -4.74. The molecule has 0 saturated carbocycles. The Morgan fingerprint density at radius 2 is 2.09 bits per heavy atom. The molecule has 0 N–H and O–H groups in total. The molecule has 3 aromatic heterocycles. The van der Waals surface area contributed by atoms with E-state index in [4.69, 9.17) is 20.8 Å². The molecule has 2 amide bonds. The molecule has 8 nitrogen and oxygen atoms in total. The first-order chi connectivity index (χ1) is 16.2. The number of nitrogens with zero attached hydrogens (tertiary/aromatic N) is 4. The molecule has 4 heterocycles. The molecule has 0 aliphatic carbocycles. The van der Waals surface area contributed by atoms with Crippen LogP contribution in [0.4, 0.5) is 13.2 Å². The first kappa shape index (κ1) is 24.1. The van der Waals surface area contributed by atoms with Crippen molar-refractivity contribution >= 4 is 29.1 Å². The second-order valence-corrected chi connectivity index (χ2v) is 8.29. The summed E-state index contributed by atoms with van der Waals surface area (Å²) in [5.41, 5.74) is -1.28. The smallest absolute Gasteiger partial charge is 0.420 e. The van der Waals surface area contributed by atoms with Crippen LogP contribution in [0.5, 0.6) is 0 Å². The lowest BCUT2D eigenvalue weighted by Gasteiger charge is -2.38. The van der Waals surface area contributed by atoms with E-state index in [0.717, 1.165) is 10.5 Å². The van der Waals surface area contributed by atoms with Gasteiger partial charge in [0, 0.05) is 37.5 Å². The van der Waals surface area contributed by atoms with Crippen molar-refractivity contribution in [3.05, 3.63) is 47.3 Å². The van der Waals surface area contributed by atoms with Gasteiger partial charge in [0.1, 0.15) is 11.7 Å². The van der Waals surface area contributed by atoms with E-state index >= 15 is 0 Å². The Bertz CT molecular complexity index is 1210. The number of pyridine rings is 1. The van der Waals surface area contributed by atoms with Gasteiger partial charge in [-0.25, -0.2) is 4.98 Å². The van der Waals surface area contributed by atoms with Crippen molar-refractivity contribution in [2.75, 3.05) is 33.4 Å². The Morgan fingerprint density at radius 3 is 2.68 bits per heavy atom. The van der Waals surface area contributed by atoms with Crippen LogP contribution < -0.4 is 0 Å². The summed E-state index contributed by atoms with van der Waals surface area (Å²) < 4.78 is 52.6. The fourth-order valence-electron chi connectivity index (χ4n) is 4.06. The average molecular weight is 499 g/mol. The molecule has 1 unspecified atom stereocenters. The summed E-state index contributed by atoms with van der Waals surface area (Å²) in [6, 6.07) is 2.32. The zero-order valence-corrected chi connectivity index (χ0v) is 19.2. The van der Waals surface area contributed by atoms with E-state index in [1.54, 1.807) is 12.0 Å². The van der Waals surface area contributed by atoms with Gasteiger partial charge in [0.25, 0.3) is 5.91 Å². The van der Waals surface area contributed by atoms with Gasteiger partial charge in [-0.15, -0.1) is 0 Å². The van der Waals surface area contributed by atoms with Gasteiger partial charge in [0.05, 0.1) is 30.7 Å². The summed E-state index contributed by atoms with van der Waals surface area (Å²) >= 11 is 6.36. The SMILES string of the molecule is CCC(COC)N1CCN(C(=O)c2nc3c(C(F)(F)F)cc(-c4ccoc4)cn3c2Cl)CC1=O. The number of piperazine rings is 1. The highest BCUT2D eigenvalue weighted by molar-refractivity contribution is 6.33. The number of fused-ring (bicyclic) bond motifs is 1. The van der Waals surface area contributed by atoms with Crippen LogP contribution >= 0.6 is 11.6 Å². The normalized spacial score (nSPS) is 15.9. The zero-order valence-electron chi connectivity index (χ0n) is 18.4. The molecule has 0 bridgehead atoms. The second kappa shape index (κ2) is 9.30. The van der Waals surface area contributed by atoms with Crippen molar-refractivity contribution in [1.29, 1.82) is 0 Å². The number of imidazole rings is 1. The summed E-state index contributed by atoms with van der Waals surface area (Å²) in [5, 5.41) is -0.267. The topological polar surface area (TPSA) is 80.3 Å². The molecule has 0 spiro atoms. The van der Waals surface area contributed by atoms with Crippen molar-refractivity contribution < 1.29 is 31.9 Å². The molecule has 182 valence electrons. The Balaban J connectivity index is 1.68. The van der Waals surface area contributed by atoms with Crippen molar-refractivity contribution in [3.8, 4) is 11.1 Å². The number of alkyl halides is 3. The van der Waals surface area contributed by atoms with Crippen LogP contribution in [0.3, 0.4) is 0 Å². The summed E-state index contributed by atoms with van der Waals surface area (Å²) in [5.74, 6) is -0.985. The first-order valence-corrected chi connectivity index (χ1v) is 10.9. The third kappa shape index (κ3) is 4.37. The molecular formula is C22H22ClF3N4O4. The molecule has 4 rings (SSSR count). The minimum Gasteiger partial charge on any atom is -0.472 e. The van der Waals surface area contributed by atoms with Gasteiger partial charge in [-0.2, -0.15) is 13.2 Å². The third-order valence-electron chi connectivity index (χ3n) is 5.84. The van der Waals surface area contributed by atoms with E-state index in [1.165, 1.54) is 29.7 Å². The molecule has 34 heavy (non-hydrogen) atoms. The number of rotatable bonds is 6. The Hall–Kier alpha value is -3.05. The maximum Gasteiger partial charge on any atom is 0.420 e. The van der Waals surface area contributed by atoms with Crippen LogP contribution in [0, 0.1) is 0 Å². The van der Waals surface area contributed by atoms with E-state index in [2.05, 4.69) is 4.98 Å². The molecule has 0 radical (unpaired) electrons. The number of halogens is 4. The highest BCUT2D eigenvalue weighted by Crippen LogP contribution is 2.37. The fraction of sp³-hybridized carbons (Fsp3) is 0.409.